The molecule has 0 N–H and O–H groups in total. The summed E-state index contributed by atoms with van der Waals surface area (Å²) in [6, 6.07) is 8.13. The Morgan fingerprint density at radius 1 is 1.23 bits per heavy atom. The smallest absolute Gasteiger partial charge is 0.271 e. The molecule has 26 heavy (non-hydrogen) atoms. The van der Waals surface area contributed by atoms with E-state index in [1.54, 1.807) is 0 Å². The van der Waals surface area contributed by atoms with Crippen molar-refractivity contribution in [3.8, 4) is 5.75 Å². The summed E-state index contributed by atoms with van der Waals surface area (Å²) in [6.45, 7) is 6.04. The number of nitrogens with zero attached hydrogens (tertiary/aromatic N) is 5. The Bertz CT molecular complexity index is 1010. The van der Waals surface area contributed by atoms with Gasteiger partial charge in [-0.3, -0.25) is 14.5 Å². The molecule has 0 radical (unpaired) electrons. The molecule has 2 aromatic heterocycles. The van der Waals surface area contributed by atoms with Crippen LogP contribution in [0, 0.1) is 17.0 Å². The van der Waals surface area contributed by atoms with Crippen molar-refractivity contribution in [3.63, 3.8) is 0 Å². The van der Waals surface area contributed by atoms with Gasteiger partial charge in [-0.05, 0) is 30.5 Å². The summed E-state index contributed by atoms with van der Waals surface area (Å²) in [7, 11) is 1.48. The van der Waals surface area contributed by atoms with Gasteiger partial charge in [0.1, 0.15) is 17.1 Å². The number of aromatic nitrogens is 2. The molecule has 8 heteroatoms. The Morgan fingerprint density at radius 3 is 2.65 bits per heavy atom. The molecule has 0 fully saturated rings. The molecule has 0 spiro atoms. The lowest BCUT2D eigenvalue weighted by Gasteiger charge is -2.04. The first-order valence-corrected chi connectivity index (χ1v) is 8.13. The van der Waals surface area contributed by atoms with Gasteiger partial charge in [0.05, 0.1) is 17.7 Å². The molecule has 0 atom stereocenters. The van der Waals surface area contributed by atoms with E-state index in [2.05, 4.69) is 15.2 Å². The Kier molecular flexibility index (Phi) is 4.66. The van der Waals surface area contributed by atoms with Crippen molar-refractivity contribution in [1.29, 1.82) is 0 Å². The van der Waals surface area contributed by atoms with Gasteiger partial charge in [0.15, 0.2) is 5.82 Å². The van der Waals surface area contributed by atoms with E-state index in [0.717, 1.165) is 16.9 Å². The van der Waals surface area contributed by atoms with Crippen molar-refractivity contribution in [2.75, 3.05) is 7.11 Å². The standard InChI is InChI=1S/C18H19N5O3/c1-11(2)17-18(22-10-12(3)5-8-16(22)19-17)21-20-14-9-13(23(24)25)6-7-15(14)26-4/h5-11H,1-4H3. The lowest BCUT2D eigenvalue weighted by molar-refractivity contribution is -0.384. The van der Waals surface area contributed by atoms with Crippen LogP contribution in [0.2, 0.25) is 0 Å². The Labute approximate surface area is 150 Å². The maximum Gasteiger partial charge on any atom is 0.271 e. The van der Waals surface area contributed by atoms with Crippen molar-refractivity contribution in [1.82, 2.24) is 9.38 Å². The summed E-state index contributed by atoms with van der Waals surface area (Å²) in [5.74, 6) is 1.17. The first-order chi connectivity index (χ1) is 12.4. The van der Waals surface area contributed by atoms with Gasteiger partial charge < -0.3 is 4.74 Å². The molecule has 3 rings (SSSR count). The number of nitro benzene ring substituents is 1. The number of non-ortho nitro benzene ring substituents is 1. The van der Waals surface area contributed by atoms with Gasteiger partial charge in [-0.2, -0.15) is 0 Å². The zero-order valence-electron chi connectivity index (χ0n) is 15.0. The molecule has 0 amide bonds. The van der Waals surface area contributed by atoms with E-state index < -0.39 is 4.92 Å². The van der Waals surface area contributed by atoms with Crippen molar-refractivity contribution in [3.05, 3.63) is 57.9 Å². The van der Waals surface area contributed by atoms with Gasteiger partial charge in [-0.1, -0.05) is 19.9 Å². The van der Waals surface area contributed by atoms with E-state index in [1.165, 1.54) is 25.3 Å². The van der Waals surface area contributed by atoms with Crippen LogP contribution in [0.25, 0.3) is 5.65 Å². The molecule has 0 unspecified atom stereocenters. The highest BCUT2D eigenvalue weighted by Gasteiger charge is 2.16. The highest BCUT2D eigenvalue weighted by molar-refractivity contribution is 5.58. The van der Waals surface area contributed by atoms with E-state index in [9.17, 15) is 10.1 Å². The molecule has 2 heterocycles. The number of fused-ring (bicyclic) bond motifs is 1. The van der Waals surface area contributed by atoms with Crippen molar-refractivity contribution in [2.24, 2.45) is 10.2 Å². The number of hydrogen-bond acceptors (Lipinski definition) is 6. The van der Waals surface area contributed by atoms with Crippen molar-refractivity contribution in [2.45, 2.75) is 26.7 Å². The monoisotopic (exact) mass is 353 g/mol. The Balaban J connectivity index is 2.14. The zero-order chi connectivity index (χ0) is 18.8. The van der Waals surface area contributed by atoms with Crippen LogP contribution < -0.4 is 4.74 Å². The first-order valence-electron chi connectivity index (χ1n) is 8.13. The molecule has 1 aromatic carbocycles. The van der Waals surface area contributed by atoms with Gasteiger partial charge in [0, 0.05) is 18.3 Å². The van der Waals surface area contributed by atoms with E-state index >= 15 is 0 Å². The summed E-state index contributed by atoms with van der Waals surface area (Å²) in [5, 5.41) is 19.6. The summed E-state index contributed by atoms with van der Waals surface area (Å²) < 4.78 is 7.11. The number of hydrogen-bond donors (Lipinski definition) is 0. The maximum atomic E-state index is 11.0. The molecule has 3 aromatic rings. The van der Waals surface area contributed by atoms with E-state index in [1.807, 2.05) is 43.5 Å². The third-order valence-electron chi connectivity index (χ3n) is 3.94. The number of nitro groups is 1. The molecule has 0 aliphatic rings. The number of methoxy groups -OCH3 is 1. The minimum atomic E-state index is -0.477. The summed E-state index contributed by atoms with van der Waals surface area (Å²) >= 11 is 0. The van der Waals surface area contributed by atoms with Gasteiger partial charge in [-0.15, -0.1) is 10.2 Å². The molecule has 0 aliphatic heterocycles. The fraction of sp³-hybridized carbons (Fsp3) is 0.278. The lowest BCUT2D eigenvalue weighted by atomic mass is 10.1. The number of azo groups is 1. The number of rotatable bonds is 5. The third-order valence-corrected chi connectivity index (χ3v) is 3.94. The predicted molar refractivity (Wildman–Crippen MR) is 97.8 cm³/mol. The number of imidazole rings is 1. The Morgan fingerprint density at radius 2 is 2.00 bits per heavy atom. The maximum absolute atomic E-state index is 11.0. The third kappa shape index (κ3) is 3.26. The average molecular weight is 353 g/mol. The quantitative estimate of drug-likeness (QED) is 0.362. The first kappa shape index (κ1) is 17.5. The average Bonchev–Trinajstić information content (AvgIpc) is 2.97. The van der Waals surface area contributed by atoms with Crippen molar-refractivity contribution >= 4 is 22.8 Å². The SMILES string of the molecule is COc1ccc([N+](=O)[O-])cc1N=Nc1c(C(C)C)nc2ccc(C)cn12. The molecule has 0 bridgehead atoms. The van der Waals surface area contributed by atoms with E-state index in [-0.39, 0.29) is 11.6 Å². The largest absolute Gasteiger partial charge is 0.494 e. The lowest BCUT2D eigenvalue weighted by Crippen LogP contribution is -1.90. The minimum Gasteiger partial charge on any atom is -0.494 e. The summed E-state index contributed by atoms with van der Waals surface area (Å²) in [4.78, 5) is 15.2. The van der Waals surface area contributed by atoms with Crippen LogP contribution in [0.4, 0.5) is 17.2 Å². The van der Waals surface area contributed by atoms with Crippen LogP contribution in [-0.2, 0) is 0 Å². The zero-order valence-corrected chi connectivity index (χ0v) is 15.0. The second-order valence-corrected chi connectivity index (χ2v) is 6.22. The fourth-order valence-corrected chi connectivity index (χ4v) is 2.61. The highest BCUT2D eigenvalue weighted by atomic mass is 16.6. The Hall–Kier alpha value is -3.29. The summed E-state index contributed by atoms with van der Waals surface area (Å²) in [6.07, 6.45) is 1.94. The van der Waals surface area contributed by atoms with Gasteiger partial charge in [-0.25, -0.2) is 4.98 Å². The summed E-state index contributed by atoms with van der Waals surface area (Å²) in [5.41, 5.74) is 2.87. The van der Waals surface area contributed by atoms with Crippen molar-refractivity contribution < 1.29 is 9.66 Å². The molecule has 8 nitrogen and oxygen atoms in total. The molecule has 0 saturated carbocycles. The van der Waals surface area contributed by atoms with Crippen LogP contribution >= 0.6 is 0 Å². The molecule has 0 saturated heterocycles. The van der Waals surface area contributed by atoms with E-state index in [0.29, 0.717) is 17.3 Å². The predicted octanol–water partition coefficient (Wildman–Crippen LogP) is 5.10. The molecular formula is C18H19N5O3. The number of pyridine rings is 1. The molecule has 134 valence electrons. The fourth-order valence-electron chi connectivity index (χ4n) is 2.61. The topological polar surface area (TPSA) is 94.4 Å². The minimum absolute atomic E-state index is 0.0715. The van der Waals surface area contributed by atoms with Crippen LogP contribution in [0.5, 0.6) is 5.75 Å². The van der Waals surface area contributed by atoms with Crippen LogP contribution in [-0.4, -0.2) is 21.4 Å². The second kappa shape index (κ2) is 6.91. The molecular weight excluding hydrogens is 334 g/mol. The van der Waals surface area contributed by atoms with Crippen LogP contribution in [0.3, 0.4) is 0 Å². The van der Waals surface area contributed by atoms with E-state index in [4.69, 9.17) is 4.74 Å². The van der Waals surface area contributed by atoms with Gasteiger partial charge in [0.25, 0.3) is 5.69 Å². The van der Waals surface area contributed by atoms with Crippen LogP contribution in [0.15, 0.2) is 46.8 Å². The molecule has 0 aliphatic carbocycles. The van der Waals surface area contributed by atoms with Gasteiger partial charge in [0.2, 0.25) is 0 Å². The number of aryl methyl sites for hydroxylation is 1. The number of ether oxygens (including phenoxy) is 1. The highest BCUT2D eigenvalue weighted by Crippen LogP contribution is 2.34. The normalized spacial score (nSPS) is 11.6. The van der Waals surface area contributed by atoms with Gasteiger partial charge >= 0.3 is 0 Å². The second-order valence-electron chi connectivity index (χ2n) is 6.22. The van der Waals surface area contributed by atoms with Crippen LogP contribution in [0.1, 0.15) is 31.0 Å². The number of benzene rings is 1.